The average molecular weight is 324 g/mol. The quantitative estimate of drug-likeness (QED) is 0.745. The molecule has 2 aromatic heterocycles. The molecule has 0 saturated heterocycles. The lowest BCUT2D eigenvalue weighted by Crippen LogP contribution is -2.06. The summed E-state index contributed by atoms with van der Waals surface area (Å²) in [6.45, 7) is 1.99. The predicted octanol–water partition coefficient (Wildman–Crippen LogP) is 2.72. The summed E-state index contributed by atoms with van der Waals surface area (Å²) in [6.07, 6.45) is 2.30. The number of pyridine rings is 1. The number of Topliss-reactive ketones (excluding diaryl/α,β-unsaturated/α-hetero) is 1. The molecule has 2 heterocycles. The Labute approximate surface area is 138 Å². The highest BCUT2D eigenvalue weighted by molar-refractivity contribution is 6.00. The number of hydrogen-bond acceptors (Lipinski definition) is 5. The fourth-order valence-electron chi connectivity index (χ4n) is 2.45. The number of methoxy groups -OCH3 is 1. The van der Waals surface area contributed by atoms with Crippen molar-refractivity contribution in [1.29, 1.82) is 0 Å². The molecule has 1 aromatic carbocycles. The van der Waals surface area contributed by atoms with Crippen molar-refractivity contribution in [1.82, 2.24) is 9.97 Å². The topological polar surface area (TPSA) is 89.1 Å². The molecule has 0 aliphatic heterocycles. The molecule has 3 aromatic rings. The Morgan fingerprint density at radius 3 is 2.67 bits per heavy atom. The Bertz CT molecular complexity index is 893. The van der Waals surface area contributed by atoms with Crippen LogP contribution in [0.2, 0.25) is 0 Å². The standard InChI is InChI=1S/C17H16N2O2.CO2/c1-11-7-13-8-12(10-18-17(13)19-11)9-15(20)14-5-3-4-6-16(14)21-2;2-1-3/h3-8,10H,9H2,1-2H3,(H,18,19);. The summed E-state index contributed by atoms with van der Waals surface area (Å²) in [7, 11) is 1.57. The molecular formula is C18H16N2O4. The third kappa shape index (κ3) is 3.94. The zero-order valence-corrected chi connectivity index (χ0v) is 13.3. The number of aryl methyl sites for hydroxylation is 1. The molecule has 0 atom stereocenters. The minimum Gasteiger partial charge on any atom is -0.496 e. The summed E-state index contributed by atoms with van der Waals surface area (Å²) in [5.41, 5.74) is 3.41. The number of para-hydroxylation sites is 1. The Balaban J connectivity index is 0.000000647. The summed E-state index contributed by atoms with van der Waals surface area (Å²) in [4.78, 5) is 36.2. The van der Waals surface area contributed by atoms with Crippen LogP contribution in [0, 0.1) is 6.92 Å². The molecule has 0 aliphatic rings. The maximum atomic E-state index is 12.4. The molecule has 0 spiro atoms. The smallest absolute Gasteiger partial charge is 0.373 e. The number of carbonyl (C=O) groups excluding carboxylic acids is 3. The number of rotatable bonds is 4. The average Bonchev–Trinajstić information content (AvgIpc) is 2.94. The van der Waals surface area contributed by atoms with E-state index in [0.29, 0.717) is 17.7 Å². The SMILES string of the molecule is COc1ccccc1C(=O)Cc1cnc2[nH]c(C)cc2c1.O=C=O. The van der Waals surface area contributed by atoms with Crippen LogP contribution >= 0.6 is 0 Å². The number of hydrogen-bond donors (Lipinski definition) is 1. The summed E-state index contributed by atoms with van der Waals surface area (Å²) >= 11 is 0. The lowest BCUT2D eigenvalue weighted by molar-refractivity contribution is -0.191. The number of aromatic amines is 1. The van der Waals surface area contributed by atoms with Crippen LogP contribution in [0.5, 0.6) is 5.75 Å². The number of fused-ring (bicyclic) bond motifs is 1. The van der Waals surface area contributed by atoms with Crippen LogP contribution in [0.15, 0.2) is 42.6 Å². The van der Waals surface area contributed by atoms with Crippen molar-refractivity contribution in [3.63, 3.8) is 0 Å². The minimum absolute atomic E-state index is 0.0286. The molecule has 3 rings (SSSR count). The largest absolute Gasteiger partial charge is 0.496 e. The first-order valence-corrected chi connectivity index (χ1v) is 7.18. The van der Waals surface area contributed by atoms with Gasteiger partial charge in [-0.15, -0.1) is 0 Å². The van der Waals surface area contributed by atoms with Crippen LogP contribution in [0.1, 0.15) is 21.6 Å². The number of nitrogens with one attached hydrogen (secondary N) is 1. The number of ether oxygens (including phenoxy) is 1. The third-order valence-corrected chi connectivity index (χ3v) is 3.43. The highest BCUT2D eigenvalue weighted by atomic mass is 16.5. The van der Waals surface area contributed by atoms with E-state index in [0.717, 1.165) is 22.3 Å². The van der Waals surface area contributed by atoms with E-state index in [9.17, 15) is 4.79 Å². The molecule has 0 aliphatic carbocycles. The summed E-state index contributed by atoms with van der Waals surface area (Å²) in [5.74, 6) is 0.634. The molecule has 0 unspecified atom stereocenters. The Kier molecular flexibility index (Phi) is 5.60. The van der Waals surface area contributed by atoms with Crippen LogP contribution in [-0.4, -0.2) is 29.0 Å². The van der Waals surface area contributed by atoms with Crippen LogP contribution in [-0.2, 0) is 16.0 Å². The van der Waals surface area contributed by atoms with Gasteiger partial charge in [-0.05, 0) is 36.8 Å². The zero-order chi connectivity index (χ0) is 17.5. The number of aromatic nitrogens is 2. The van der Waals surface area contributed by atoms with Gasteiger partial charge in [0.25, 0.3) is 0 Å². The first kappa shape index (κ1) is 17.1. The van der Waals surface area contributed by atoms with Gasteiger partial charge in [-0.2, -0.15) is 9.59 Å². The van der Waals surface area contributed by atoms with Crippen molar-refractivity contribution in [2.45, 2.75) is 13.3 Å². The van der Waals surface area contributed by atoms with Gasteiger partial charge in [-0.1, -0.05) is 12.1 Å². The molecular weight excluding hydrogens is 308 g/mol. The normalized spacial score (nSPS) is 9.75. The van der Waals surface area contributed by atoms with Crippen molar-refractivity contribution in [2.24, 2.45) is 0 Å². The van der Waals surface area contributed by atoms with E-state index in [1.807, 2.05) is 31.2 Å². The number of benzene rings is 1. The summed E-state index contributed by atoms with van der Waals surface area (Å²) in [5, 5.41) is 1.03. The van der Waals surface area contributed by atoms with Crippen LogP contribution in [0.25, 0.3) is 11.0 Å². The Morgan fingerprint density at radius 1 is 1.25 bits per heavy atom. The molecule has 0 amide bonds. The molecule has 0 bridgehead atoms. The number of H-pyrrole nitrogens is 1. The first-order valence-electron chi connectivity index (χ1n) is 7.18. The van der Waals surface area contributed by atoms with Gasteiger partial charge in [0, 0.05) is 23.7 Å². The molecule has 122 valence electrons. The highest BCUT2D eigenvalue weighted by Crippen LogP contribution is 2.20. The van der Waals surface area contributed by atoms with Gasteiger partial charge in [0.2, 0.25) is 0 Å². The van der Waals surface area contributed by atoms with E-state index < -0.39 is 0 Å². The minimum atomic E-state index is 0.0286. The second-order valence-corrected chi connectivity index (χ2v) is 5.12. The molecule has 6 heteroatoms. The van der Waals surface area contributed by atoms with Crippen molar-refractivity contribution >= 4 is 23.0 Å². The van der Waals surface area contributed by atoms with Crippen molar-refractivity contribution < 1.29 is 19.1 Å². The number of nitrogens with zero attached hydrogens (tertiary/aromatic N) is 1. The van der Waals surface area contributed by atoms with Gasteiger partial charge in [0.15, 0.2) is 5.78 Å². The number of carbonyl (C=O) groups is 1. The van der Waals surface area contributed by atoms with Crippen LogP contribution in [0.4, 0.5) is 0 Å². The predicted molar refractivity (Wildman–Crippen MR) is 86.9 cm³/mol. The van der Waals surface area contributed by atoms with E-state index in [4.69, 9.17) is 14.3 Å². The second kappa shape index (κ2) is 7.85. The second-order valence-electron chi connectivity index (χ2n) is 5.12. The molecule has 24 heavy (non-hydrogen) atoms. The van der Waals surface area contributed by atoms with Gasteiger partial charge in [-0.25, -0.2) is 4.98 Å². The maximum Gasteiger partial charge on any atom is 0.373 e. The zero-order valence-electron chi connectivity index (χ0n) is 13.3. The van der Waals surface area contributed by atoms with E-state index in [2.05, 4.69) is 9.97 Å². The molecule has 0 fully saturated rings. The van der Waals surface area contributed by atoms with Crippen molar-refractivity contribution in [2.75, 3.05) is 7.11 Å². The van der Waals surface area contributed by atoms with Gasteiger partial charge in [0.05, 0.1) is 12.7 Å². The lowest BCUT2D eigenvalue weighted by atomic mass is 10.0. The van der Waals surface area contributed by atoms with Gasteiger partial charge < -0.3 is 9.72 Å². The van der Waals surface area contributed by atoms with E-state index in [1.165, 1.54) is 0 Å². The van der Waals surface area contributed by atoms with Gasteiger partial charge in [-0.3, -0.25) is 4.79 Å². The monoisotopic (exact) mass is 324 g/mol. The van der Waals surface area contributed by atoms with E-state index in [-0.39, 0.29) is 11.9 Å². The van der Waals surface area contributed by atoms with E-state index >= 15 is 0 Å². The Hall–Kier alpha value is -3.24. The van der Waals surface area contributed by atoms with Crippen molar-refractivity contribution in [3.8, 4) is 5.75 Å². The third-order valence-electron chi connectivity index (χ3n) is 3.43. The molecule has 0 saturated carbocycles. The maximum absolute atomic E-state index is 12.4. The molecule has 6 nitrogen and oxygen atoms in total. The molecule has 1 N–H and O–H groups in total. The van der Waals surface area contributed by atoms with Gasteiger partial charge >= 0.3 is 6.15 Å². The summed E-state index contributed by atoms with van der Waals surface area (Å²) in [6, 6.07) is 11.3. The fourth-order valence-corrected chi connectivity index (χ4v) is 2.45. The number of ketones is 1. The first-order chi connectivity index (χ1) is 11.6. The van der Waals surface area contributed by atoms with Crippen molar-refractivity contribution in [3.05, 3.63) is 59.4 Å². The Morgan fingerprint density at radius 2 is 1.96 bits per heavy atom. The van der Waals surface area contributed by atoms with Gasteiger partial charge in [0.1, 0.15) is 11.4 Å². The van der Waals surface area contributed by atoms with Crippen LogP contribution < -0.4 is 4.74 Å². The highest BCUT2D eigenvalue weighted by Gasteiger charge is 2.13. The fraction of sp³-hybridized carbons (Fsp3) is 0.167. The van der Waals surface area contributed by atoms with Crippen LogP contribution in [0.3, 0.4) is 0 Å². The molecule has 0 radical (unpaired) electrons. The van der Waals surface area contributed by atoms with E-state index in [1.54, 1.807) is 25.4 Å². The lowest BCUT2D eigenvalue weighted by Gasteiger charge is -2.07. The summed E-state index contributed by atoms with van der Waals surface area (Å²) < 4.78 is 5.24.